The minimum Gasteiger partial charge on any atom is -0.280 e. The van der Waals surface area contributed by atoms with Gasteiger partial charge in [-0.25, -0.2) is 4.68 Å². The third-order valence-corrected chi connectivity index (χ3v) is 4.90. The number of aromatic nitrogens is 3. The molecule has 0 saturated heterocycles. The van der Waals surface area contributed by atoms with Gasteiger partial charge in [0.05, 0.1) is 11.5 Å². The lowest BCUT2D eigenvalue weighted by Crippen LogP contribution is -2.26. The zero-order chi connectivity index (χ0) is 16.2. The maximum atomic E-state index is 5.40. The quantitative estimate of drug-likeness (QED) is 0.671. The van der Waals surface area contributed by atoms with Crippen LogP contribution in [0.25, 0.3) is 10.7 Å². The molecule has 0 radical (unpaired) electrons. The summed E-state index contributed by atoms with van der Waals surface area (Å²) >= 11 is 7.06. The Balaban J connectivity index is 1.75. The van der Waals surface area contributed by atoms with Crippen molar-refractivity contribution in [2.24, 2.45) is 0 Å². The molecule has 0 fully saturated rings. The Morgan fingerprint density at radius 1 is 1.30 bits per heavy atom. The fraction of sp³-hybridized carbons (Fsp3) is 0.294. The Morgan fingerprint density at radius 2 is 2.17 bits per heavy atom. The lowest BCUT2D eigenvalue weighted by Gasteiger charge is -2.20. The van der Waals surface area contributed by atoms with E-state index in [9.17, 15) is 0 Å². The smallest absolute Gasteiger partial charge is 0.217 e. The fourth-order valence-electron chi connectivity index (χ4n) is 2.51. The Hall–Kier alpha value is -1.76. The Morgan fingerprint density at radius 3 is 2.87 bits per heavy atom. The van der Waals surface area contributed by atoms with Crippen molar-refractivity contribution >= 4 is 23.6 Å². The van der Waals surface area contributed by atoms with Crippen LogP contribution in [0.15, 0.2) is 41.8 Å². The number of H-pyrrole nitrogens is 1. The zero-order valence-electron chi connectivity index (χ0n) is 13.3. The standard InChI is InChI=1S/C17H20N4S2/c1-3-20(11-14-7-4-6-13(2)10-14)12-21-17(22)18-16(19-21)15-8-5-9-23-15/h4-10H,3,11-12H2,1-2H3,(H,18,19,22). The van der Waals surface area contributed by atoms with Gasteiger partial charge in [-0.1, -0.05) is 42.8 Å². The van der Waals surface area contributed by atoms with Gasteiger partial charge in [-0.15, -0.1) is 11.3 Å². The first-order chi connectivity index (χ1) is 11.2. The first kappa shape index (κ1) is 16.1. The highest BCUT2D eigenvalue weighted by Crippen LogP contribution is 2.20. The summed E-state index contributed by atoms with van der Waals surface area (Å²) in [7, 11) is 0. The second kappa shape index (κ2) is 7.21. The summed E-state index contributed by atoms with van der Waals surface area (Å²) < 4.78 is 2.53. The summed E-state index contributed by atoms with van der Waals surface area (Å²) in [4.78, 5) is 7.91. The highest BCUT2D eigenvalue weighted by molar-refractivity contribution is 7.71. The van der Waals surface area contributed by atoms with Crippen molar-refractivity contribution in [1.82, 2.24) is 19.7 Å². The number of aromatic amines is 1. The van der Waals surface area contributed by atoms with E-state index in [0.29, 0.717) is 11.4 Å². The van der Waals surface area contributed by atoms with Gasteiger partial charge in [-0.3, -0.25) is 10.00 Å². The van der Waals surface area contributed by atoms with E-state index in [2.05, 4.69) is 53.1 Å². The van der Waals surface area contributed by atoms with E-state index in [1.54, 1.807) is 11.3 Å². The van der Waals surface area contributed by atoms with Crippen molar-refractivity contribution in [1.29, 1.82) is 0 Å². The van der Waals surface area contributed by atoms with Crippen LogP contribution in [0.3, 0.4) is 0 Å². The minimum absolute atomic E-state index is 0.594. The molecule has 2 heterocycles. The molecule has 4 nitrogen and oxygen atoms in total. The van der Waals surface area contributed by atoms with Crippen LogP contribution in [0.1, 0.15) is 18.1 Å². The van der Waals surface area contributed by atoms with Crippen molar-refractivity contribution in [2.75, 3.05) is 6.54 Å². The second-order valence-electron chi connectivity index (χ2n) is 5.54. The van der Waals surface area contributed by atoms with Crippen molar-refractivity contribution in [3.8, 4) is 10.7 Å². The molecule has 0 atom stereocenters. The predicted molar refractivity (Wildman–Crippen MR) is 98.0 cm³/mol. The van der Waals surface area contributed by atoms with Crippen LogP contribution in [0.5, 0.6) is 0 Å². The van der Waals surface area contributed by atoms with Gasteiger partial charge < -0.3 is 0 Å². The highest BCUT2D eigenvalue weighted by atomic mass is 32.1. The summed E-state index contributed by atoms with van der Waals surface area (Å²) in [5, 5.41) is 5.36. The molecule has 0 bridgehead atoms. The largest absolute Gasteiger partial charge is 0.280 e. The van der Waals surface area contributed by atoms with Crippen LogP contribution in [0.4, 0.5) is 0 Å². The molecule has 6 heteroatoms. The number of nitrogens with one attached hydrogen (secondary N) is 1. The van der Waals surface area contributed by atoms with Gasteiger partial charge in [-0.2, -0.15) is 4.98 Å². The molecule has 3 aromatic rings. The molecule has 23 heavy (non-hydrogen) atoms. The number of thiophene rings is 1. The van der Waals surface area contributed by atoms with Crippen molar-refractivity contribution in [3.63, 3.8) is 0 Å². The Bertz CT molecular complexity index is 817. The molecule has 0 aliphatic rings. The van der Waals surface area contributed by atoms with E-state index in [-0.39, 0.29) is 0 Å². The van der Waals surface area contributed by atoms with Crippen LogP contribution in [-0.2, 0) is 13.2 Å². The van der Waals surface area contributed by atoms with Gasteiger partial charge in [0.2, 0.25) is 4.77 Å². The molecule has 0 aliphatic heterocycles. The molecule has 3 rings (SSSR count). The number of rotatable bonds is 6. The van der Waals surface area contributed by atoms with Crippen LogP contribution >= 0.6 is 23.6 Å². The molecular formula is C17H20N4S2. The molecule has 1 aromatic carbocycles. The summed E-state index contributed by atoms with van der Waals surface area (Å²) in [5.41, 5.74) is 2.60. The number of benzene rings is 1. The van der Waals surface area contributed by atoms with Crippen LogP contribution in [-0.4, -0.2) is 26.2 Å². The van der Waals surface area contributed by atoms with Crippen LogP contribution in [0, 0.1) is 11.7 Å². The van der Waals surface area contributed by atoms with Crippen LogP contribution < -0.4 is 0 Å². The van der Waals surface area contributed by atoms with E-state index in [0.717, 1.165) is 23.8 Å². The van der Waals surface area contributed by atoms with E-state index in [1.807, 2.05) is 22.2 Å². The number of aryl methyl sites for hydroxylation is 1. The Labute approximate surface area is 145 Å². The topological polar surface area (TPSA) is 36.9 Å². The maximum absolute atomic E-state index is 5.40. The third kappa shape index (κ3) is 3.96. The summed E-state index contributed by atoms with van der Waals surface area (Å²) in [6, 6.07) is 12.7. The van der Waals surface area contributed by atoms with E-state index in [1.165, 1.54) is 11.1 Å². The number of nitrogens with zero attached hydrogens (tertiary/aromatic N) is 3. The first-order valence-electron chi connectivity index (χ1n) is 7.64. The van der Waals surface area contributed by atoms with E-state index in [4.69, 9.17) is 12.2 Å². The van der Waals surface area contributed by atoms with Crippen LogP contribution in [0.2, 0.25) is 0 Å². The average molecular weight is 345 g/mol. The minimum atomic E-state index is 0.594. The molecule has 0 spiro atoms. The summed E-state index contributed by atoms with van der Waals surface area (Å²) in [6.45, 7) is 6.84. The summed E-state index contributed by atoms with van der Waals surface area (Å²) in [6.07, 6.45) is 0. The molecule has 0 unspecified atom stereocenters. The van der Waals surface area contributed by atoms with Crippen molar-refractivity contribution in [3.05, 3.63) is 57.7 Å². The molecule has 2 aromatic heterocycles. The fourth-order valence-corrected chi connectivity index (χ4v) is 3.36. The first-order valence-corrected chi connectivity index (χ1v) is 8.93. The maximum Gasteiger partial charge on any atom is 0.217 e. The SMILES string of the molecule is CCN(Cc1cccc(C)c1)Cn1[nH]c(-c2cccs2)nc1=S. The molecule has 1 N–H and O–H groups in total. The van der Waals surface area contributed by atoms with Crippen molar-refractivity contribution < 1.29 is 0 Å². The molecule has 0 saturated carbocycles. The number of hydrogen-bond donors (Lipinski definition) is 1. The van der Waals surface area contributed by atoms with Gasteiger partial charge in [-0.05, 0) is 42.7 Å². The van der Waals surface area contributed by atoms with Gasteiger partial charge in [0.1, 0.15) is 0 Å². The second-order valence-corrected chi connectivity index (χ2v) is 6.85. The number of hydrogen-bond acceptors (Lipinski definition) is 4. The molecule has 0 amide bonds. The monoisotopic (exact) mass is 344 g/mol. The van der Waals surface area contributed by atoms with E-state index < -0.39 is 0 Å². The predicted octanol–water partition coefficient (Wildman–Crippen LogP) is 4.46. The molecule has 120 valence electrons. The Kier molecular flexibility index (Phi) is 5.05. The van der Waals surface area contributed by atoms with Crippen molar-refractivity contribution in [2.45, 2.75) is 27.1 Å². The average Bonchev–Trinajstić information content (AvgIpc) is 3.17. The normalized spacial score (nSPS) is 11.3. The summed E-state index contributed by atoms with van der Waals surface area (Å²) in [5.74, 6) is 0.844. The van der Waals surface area contributed by atoms with Gasteiger partial charge >= 0.3 is 0 Å². The van der Waals surface area contributed by atoms with E-state index >= 15 is 0 Å². The molecule has 0 aliphatic carbocycles. The highest BCUT2D eigenvalue weighted by Gasteiger charge is 2.09. The lowest BCUT2D eigenvalue weighted by atomic mass is 10.1. The lowest BCUT2D eigenvalue weighted by molar-refractivity contribution is 0.208. The van der Waals surface area contributed by atoms with Gasteiger partial charge in [0.25, 0.3) is 0 Å². The third-order valence-electron chi connectivity index (χ3n) is 3.71. The van der Waals surface area contributed by atoms with Gasteiger partial charge in [0, 0.05) is 6.54 Å². The van der Waals surface area contributed by atoms with Gasteiger partial charge in [0.15, 0.2) is 5.82 Å². The zero-order valence-corrected chi connectivity index (χ0v) is 15.0. The molecular weight excluding hydrogens is 324 g/mol.